The second-order valence-electron chi connectivity index (χ2n) is 5.35. The molecule has 2 amide bonds. The van der Waals surface area contributed by atoms with Crippen molar-refractivity contribution in [2.45, 2.75) is 20.8 Å². The molecule has 0 atom stereocenters. The van der Waals surface area contributed by atoms with Gasteiger partial charge in [-0.05, 0) is 43.5 Å². The molecule has 2 aromatic carbocycles. The Bertz CT molecular complexity index is 774. The molecule has 0 heterocycles. The van der Waals surface area contributed by atoms with Crippen molar-refractivity contribution < 1.29 is 14.5 Å². The zero-order valence-corrected chi connectivity index (χ0v) is 13.8. The minimum atomic E-state index is -0.577. The van der Waals surface area contributed by atoms with E-state index in [0.29, 0.717) is 0 Å². The fourth-order valence-electron chi connectivity index (χ4n) is 2.23. The first-order valence-corrected chi connectivity index (χ1v) is 7.38. The fourth-order valence-corrected chi connectivity index (χ4v) is 2.23. The molecule has 2 aromatic rings. The number of anilines is 1. The molecule has 0 bridgehead atoms. The largest absolute Gasteiger partial charge is 0.473 e. The molecule has 24 heavy (non-hydrogen) atoms. The molecular formula is C17H19N3O4. The van der Waals surface area contributed by atoms with Crippen LogP contribution in [-0.4, -0.2) is 17.7 Å². The van der Waals surface area contributed by atoms with E-state index in [4.69, 9.17) is 4.74 Å². The maximum Gasteiger partial charge on any atom is 0.322 e. The Balaban J connectivity index is 1.96. The Morgan fingerprint density at radius 2 is 1.79 bits per heavy atom. The van der Waals surface area contributed by atoms with E-state index in [9.17, 15) is 14.9 Å². The van der Waals surface area contributed by atoms with Gasteiger partial charge in [0, 0.05) is 6.07 Å². The molecular weight excluding hydrogens is 310 g/mol. The number of rotatable bonds is 5. The molecule has 0 fully saturated rings. The van der Waals surface area contributed by atoms with Crippen LogP contribution in [0.15, 0.2) is 36.4 Å². The van der Waals surface area contributed by atoms with Gasteiger partial charge in [0.2, 0.25) is 0 Å². The van der Waals surface area contributed by atoms with Gasteiger partial charge < -0.3 is 15.4 Å². The summed E-state index contributed by atoms with van der Waals surface area (Å²) < 4.78 is 5.63. The van der Waals surface area contributed by atoms with E-state index in [0.717, 1.165) is 22.4 Å². The molecule has 0 aliphatic heterocycles. The lowest BCUT2D eigenvalue weighted by atomic mass is 10.1. The maximum atomic E-state index is 11.9. The molecule has 0 aliphatic carbocycles. The number of nitro groups is 1. The lowest BCUT2D eigenvalue weighted by Crippen LogP contribution is -2.32. The van der Waals surface area contributed by atoms with Gasteiger partial charge in [0.25, 0.3) is 5.69 Å². The number of para-hydroxylation sites is 2. The van der Waals surface area contributed by atoms with Crippen molar-refractivity contribution in [1.82, 2.24) is 5.32 Å². The molecule has 7 nitrogen and oxygen atoms in total. The Labute approximate surface area is 139 Å². The van der Waals surface area contributed by atoms with Crippen molar-refractivity contribution in [1.29, 1.82) is 0 Å². The molecule has 2 N–H and O–H groups in total. The highest BCUT2D eigenvalue weighted by Crippen LogP contribution is 2.25. The SMILES string of the molecule is Cc1ccc(C)c(OCNC(=O)Nc2ccccc2[N+](=O)[O-])c1C. The van der Waals surface area contributed by atoms with E-state index in [1.54, 1.807) is 6.07 Å². The summed E-state index contributed by atoms with van der Waals surface area (Å²) >= 11 is 0. The van der Waals surface area contributed by atoms with E-state index in [-0.39, 0.29) is 18.1 Å². The quantitative estimate of drug-likeness (QED) is 0.497. The topological polar surface area (TPSA) is 93.5 Å². The maximum absolute atomic E-state index is 11.9. The van der Waals surface area contributed by atoms with Crippen LogP contribution in [0.4, 0.5) is 16.2 Å². The van der Waals surface area contributed by atoms with Crippen LogP contribution >= 0.6 is 0 Å². The number of nitrogens with zero attached hydrogens (tertiary/aromatic N) is 1. The van der Waals surface area contributed by atoms with E-state index in [1.165, 1.54) is 18.2 Å². The van der Waals surface area contributed by atoms with Crippen molar-refractivity contribution in [3.05, 3.63) is 63.2 Å². The minimum Gasteiger partial charge on any atom is -0.473 e. The molecule has 2 rings (SSSR count). The van der Waals surface area contributed by atoms with Crippen molar-refractivity contribution in [3.8, 4) is 5.75 Å². The number of hydrogen-bond donors (Lipinski definition) is 2. The number of amides is 2. The molecule has 0 aromatic heterocycles. The Morgan fingerprint density at radius 1 is 1.12 bits per heavy atom. The third-order valence-electron chi connectivity index (χ3n) is 3.67. The summed E-state index contributed by atoms with van der Waals surface area (Å²) in [7, 11) is 0. The molecule has 0 saturated heterocycles. The molecule has 0 unspecified atom stereocenters. The lowest BCUT2D eigenvalue weighted by Gasteiger charge is -2.14. The van der Waals surface area contributed by atoms with Crippen LogP contribution in [0.5, 0.6) is 5.75 Å². The lowest BCUT2D eigenvalue weighted by molar-refractivity contribution is -0.383. The van der Waals surface area contributed by atoms with E-state index in [1.807, 2.05) is 32.9 Å². The Kier molecular flexibility index (Phi) is 5.36. The van der Waals surface area contributed by atoms with Gasteiger partial charge in [-0.3, -0.25) is 10.1 Å². The second kappa shape index (κ2) is 7.45. The van der Waals surface area contributed by atoms with Crippen LogP contribution in [0, 0.1) is 30.9 Å². The number of urea groups is 1. The van der Waals surface area contributed by atoms with Crippen LogP contribution in [0.2, 0.25) is 0 Å². The predicted molar refractivity (Wildman–Crippen MR) is 91.4 cm³/mol. The first-order chi connectivity index (χ1) is 11.4. The minimum absolute atomic E-state index is 0.0440. The van der Waals surface area contributed by atoms with Gasteiger partial charge in [-0.25, -0.2) is 4.79 Å². The number of aryl methyl sites for hydroxylation is 2. The van der Waals surface area contributed by atoms with E-state index < -0.39 is 11.0 Å². The van der Waals surface area contributed by atoms with Crippen LogP contribution in [0.1, 0.15) is 16.7 Å². The van der Waals surface area contributed by atoms with E-state index in [2.05, 4.69) is 10.6 Å². The van der Waals surface area contributed by atoms with Crippen LogP contribution < -0.4 is 15.4 Å². The van der Waals surface area contributed by atoms with Crippen molar-refractivity contribution in [3.63, 3.8) is 0 Å². The average Bonchev–Trinajstić information content (AvgIpc) is 2.54. The van der Waals surface area contributed by atoms with Crippen LogP contribution in [-0.2, 0) is 0 Å². The summed E-state index contributed by atoms with van der Waals surface area (Å²) in [6.45, 7) is 5.81. The predicted octanol–water partition coefficient (Wildman–Crippen LogP) is 3.68. The number of nitro benzene ring substituents is 1. The summed E-state index contributed by atoms with van der Waals surface area (Å²) in [4.78, 5) is 22.3. The van der Waals surface area contributed by atoms with Crippen LogP contribution in [0.25, 0.3) is 0 Å². The van der Waals surface area contributed by atoms with Crippen molar-refractivity contribution in [2.75, 3.05) is 12.0 Å². The van der Waals surface area contributed by atoms with Gasteiger partial charge in [0.1, 0.15) is 11.4 Å². The number of carbonyl (C=O) groups excluding carboxylic acids is 1. The third-order valence-corrected chi connectivity index (χ3v) is 3.67. The molecule has 0 spiro atoms. The average molecular weight is 329 g/mol. The number of benzene rings is 2. The van der Waals surface area contributed by atoms with Gasteiger partial charge in [0.15, 0.2) is 6.73 Å². The first kappa shape index (κ1) is 17.3. The summed E-state index contributed by atoms with van der Waals surface area (Å²) in [5.41, 5.74) is 3.04. The zero-order valence-electron chi connectivity index (χ0n) is 13.8. The molecule has 0 aliphatic rings. The van der Waals surface area contributed by atoms with Gasteiger partial charge >= 0.3 is 6.03 Å². The summed E-state index contributed by atoms with van der Waals surface area (Å²) in [6, 6.07) is 9.31. The second-order valence-corrected chi connectivity index (χ2v) is 5.35. The number of carbonyl (C=O) groups is 1. The van der Waals surface area contributed by atoms with Gasteiger partial charge in [-0.2, -0.15) is 0 Å². The summed E-state index contributed by atoms with van der Waals surface area (Å²) in [5, 5.41) is 15.9. The smallest absolute Gasteiger partial charge is 0.322 e. The standard InChI is InChI=1S/C17H19N3O4/c1-11-8-9-12(2)16(13(11)3)24-10-18-17(21)19-14-6-4-5-7-15(14)20(22)23/h4-9H,10H2,1-3H3,(H2,18,19,21). The van der Waals surface area contributed by atoms with Crippen molar-refractivity contribution >= 4 is 17.4 Å². The van der Waals surface area contributed by atoms with Crippen LogP contribution in [0.3, 0.4) is 0 Å². The highest BCUT2D eigenvalue weighted by molar-refractivity contribution is 5.91. The Morgan fingerprint density at radius 3 is 2.50 bits per heavy atom. The molecule has 7 heteroatoms. The van der Waals surface area contributed by atoms with Gasteiger partial charge in [-0.1, -0.05) is 24.3 Å². The fraction of sp³-hybridized carbons (Fsp3) is 0.235. The number of nitrogens with one attached hydrogen (secondary N) is 2. The molecule has 126 valence electrons. The third kappa shape index (κ3) is 4.01. The summed E-state index contributed by atoms with van der Waals surface area (Å²) in [5.74, 6) is 0.723. The normalized spacial score (nSPS) is 10.1. The number of ether oxygens (including phenoxy) is 1. The monoisotopic (exact) mass is 329 g/mol. The Hall–Kier alpha value is -3.09. The van der Waals surface area contributed by atoms with Gasteiger partial charge in [-0.15, -0.1) is 0 Å². The highest BCUT2D eigenvalue weighted by Gasteiger charge is 2.14. The molecule has 0 saturated carbocycles. The van der Waals surface area contributed by atoms with E-state index >= 15 is 0 Å². The summed E-state index contributed by atoms with van der Waals surface area (Å²) in [6.07, 6.45) is 0. The van der Waals surface area contributed by atoms with Crippen molar-refractivity contribution in [2.24, 2.45) is 0 Å². The molecule has 0 radical (unpaired) electrons. The first-order valence-electron chi connectivity index (χ1n) is 7.38. The number of hydrogen-bond acceptors (Lipinski definition) is 4. The highest BCUT2D eigenvalue weighted by atomic mass is 16.6. The van der Waals surface area contributed by atoms with Gasteiger partial charge in [0.05, 0.1) is 4.92 Å². The zero-order chi connectivity index (χ0) is 17.7.